The molecule has 0 saturated carbocycles. The largest absolute Gasteiger partial charge is 0.387 e. The predicted molar refractivity (Wildman–Crippen MR) is 64.9 cm³/mol. The van der Waals surface area contributed by atoms with E-state index in [2.05, 4.69) is 6.66 Å². The summed E-state index contributed by atoms with van der Waals surface area (Å²) >= 11 is 0. The van der Waals surface area contributed by atoms with Crippen molar-refractivity contribution in [2.24, 2.45) is 0 Å². The molecule has 2 aliphatic heterocycles. The van der Waals surface area contributed by atoms with Crippen LogP contribution in [0, 0.1) is 0 Å². The van der Waals surface area contributed by atoms with Crippen LogP contribution in [0.5, 0.6) is 0 Å². The second-order valence-electron chi connectivity index (χ2n) is 3.92. The van der Waals surface area contributed by atoms with Gasteiger partial charge in [-0.2, -0.15) is 0 Å². The van der Waals surface area contributed by atoms with Crippen molar-refractivity contribution in [1.29, 1.82) is 0 Å². The maximum Gasteiger partial charge on any atom is 0.186 e. The Balaban J connectivity index is 2.00. The van der Waals surface area contributed by atoms with Crippen LogP contribution in [0.4, 0.5) is 0 Å². The highest BCUT2D eigenvalue weighted by molar-refractivity contribution is 8.11. The van der Waals surface area contributed by atoms with Crippen LogP contribution in [-0.2, 0) is 18.9 Å². The molecule has 0 aliphatic carbocycles. The lowest BCUT2D eigenvalue weighted by atomic mass is 9.99. The Morgan fingerprint density at radius 3 is 2.65 bits per heavy atom. The van der Waals surface area contributed by atoms with Gasteiger partial charge in [0, 0.05) is 7.11 Å². The van der Waals surface area contributed by atoms with Crippen LogP contribution in [0.25, 0.3) is 0 Å². The van der Waals surface area contributed by atoms with Crippen molar-refractivity contribution in [3.63, 3.8) is 0 Å². The lowest BCUT2D eigenvalue weighted by Gasteiger charge is -2.45. The van der Waals surface area contributed by atoms with Crippen molar-refractivity contribution in [3.8, 4) is 0 Å². The molecule has 100 valence electrons. The summed E-state index contributed by atoms with van der Waals surface area (Å²) in [5.41, 5.74) is 0. The van der Waals surface area contributed by atoms with Gasteiger partial charge in [0.25, 0.3) is 0 Å². The average molecular weight is 284 g/mol. The first-order valence-corrected chi connectivity index (χ1v) is 8.99. The smallest absolute Gasteiger partial charge is 0.186 e. The van der Waals surface area contributed by atoms with Crippen LogP contribution in [0.2, 0.25) is 0 Å². The zero-order valence-corrected chi connectivity index (χ0v) is 11.7. The molecule has 2 fully saturated rings. The van der Waals surface area contributed by atoms with Crippen LogP contribution >= 0.6 is 16.5 Å². The number of aliphatic hydroxyl groups is 2. The molecular formula is C9H18O6P2. The molecule has 2 saturated heterocycles. The number of fused-ring (bicyclic) bond motifs is 1. The summed E-state index contributed by atoms with van der Waals surface area (Å²) in [6.45, 7) is 2.43. The van der Waals surface area contributed by atoms with E-state index in [1.807, 2.05) is 0 Å². The minimum absolute atomic E-state index is 0.288. The maximum absolute atomic E-state index is 9.98. The first-order valence-electron chi connectivity index (χ1n) is 5.41. The number of methoxy groups -OCH3 is 1. The standard InChI is InChI=1S/C9H18O6P2/c1-12-8-6(11)5(10)7-4(14-8)3-13-9(15-7)17-16-2/h4-11,16-17H,3H2,1-2H3/t4?,5?,6-,7+,8-,9?/m0/s1. The van der Waals surface area contributed by atoms with Gasteiger partial charge in [-0.3, -0.25) is 0 Å². The van der Waals surface area contributed by atoms with Gasteiger partial charge in [-0.15, -0.1) is 0 Å². The van der Waals surface area contributed by atoms with E-state index in [4.69, 9.17) is 18.9 Å². The van der Waals surface area contributed by atoms with Gasteiger partial charge in [0.2, 0.25) is 0 Å². The molecule has 5 unspecified atom stereocenters. The Morgan fingerprint density at radius 2 is 2.00 bits per heavy atom. The van der Waals surface area contributed by atoms with Crippen LogP contribution < -0.4 is 0 Å². The zero-order chi connectivity index (χ0) is 12.4. The Labute approximate surface area is 103 Å². The molecule has 0 aromatic rings. The fraction of sp³-hybridized carbons (Fsp3) is 1.00. The van der Waals surface area contributed by atoms with Gasteiger partial charge in [-0.1, -0.05) is 8.27 Å². The van der Waals surface area contributed by atoms with Gasteiger partial charge in [0.15, 0.2) is 12.3 Å². The van der Waals surface area contributed by atoms with Gasteiger partial charge >= 0.3 is 0 Å². The number of ether oxygens (including phenoxy) is 4. The molecule has 2 rings (SSSR count). The Bertz CT molecular complexity index is 254. The van der Waals surface area contributed by atoms with E-state index in [1.54, 1.807) is 0 Å². The van der Waals surface area contributed by atoms with Gasteiger partial charge in [0.05, 0.1) is 6.61 Å². The minimum Gasteiger partial charge on any atom is -0.387 e. The summed E-state index contributed by atoms with van der Waals surface area (Å²) in [6.07, 6.45) is -3.86. The van der Waals surface area contributed by atoms with E-state index >= 15 is 0 Å². The number of aliphatic hydroxyl groups excluding tert-OH is 2. The molecule has 6 nitrogen and oxygen atoms in total. The zero-order valence-electron chi connectivity index (χ0n) is 9.70. The molecule has 0 spiro atoms. The molecule has 0 radical (unpaired) electrons. The molecular weight excluding hydrogens is 266 g/mol. The predicted octanol–water partition coefficient (Wildman–Crippen LogP) is -0.320. The molecule has 17 heavy (non-hydrogen) atoms. The van der Waals surface area contributed by atoms with E-state index in [1.165, 1.54) is 7.11 Å². The van der Waals surface area contributed by atoms with E-state index in [0.29, 0.717) is 14.9 Å². The van der Waals surface area contributed by atoms with Crippen molar-refractivity contribution >= 4 is 16.5 Å². The Morgan fingerprint density at radius 1 is 1.24 bits per heavy atom. The van der Waals surface area contributed by atoms with E-state index in [-0.39, 0.29) is 12.1 Å². The summed E-state index contributed by atoms with van der Waals surface area (Å²) in [6, 6.07) is -0.288. The third-order valence-corrected chi connectivity index (χ3v) is 5.23. The highest BCUT2D eigenvalue weighted by atomic mass is 32.0. The van der Waals surface area contributed by atoms with Crippen molar-refractivity contribution in [2.45, 2.75) is 36.7 Å². The highest BCUT2D eigenvalue weighted by Crippen LogP contribution is 2.43. The monoisotopic (exact) mass is 284 g/mol. The molecule has 2 aliphatic rings. The van der Waals surface area contributed by atoms with Gasteiger partial charge < -0.3 is 29.2 Å². The van der Waals surface area contributed by atoms with Gasteiger partial charge in [-0.05, 0) is 14.9 Å². The fourth-order valence-electron chi connectivity index (χ4n) is 1.96. The molecule has 0 bridgehead atoms. The lowest BCUT2D eigenvalue weighted by molar-refractivity contribution is -0.341. The van der Waals surface area contributed by atoms with Crippen LogP contribution in [0.1, 0.15) is 0 Å². The molecule has 2 N–H and O–H groups in total. The maximum atomic E-state index is 9.98. The van der Waals surface area contributed by atoms with E-state index in [0.717, 1.165) is 8.27 Å². The first kappa shape index (κ1) is 14.0. The summed E-state index contributed by atoms with van der Waals surface area (Å²) in [4.78, 5) is 0. The molecule has 0 aromatic carbocycles. The Hall–Kier alpha value is 0.620. The summed E-state index contributed by atoms with van der Waals surface area (Å²) < 4.78 is 21.5. The normalized spacial score (nSPS) is 48.0. The SMILES string of the molecule is CO[C@H]1OC2COC(PPC)O[C@H]2C(O)[C@@H]1O. The third-order valence-electron chi connectivity index (χ3n) is 2.83. The van der Waals surface area contributed by atoms with Crippen molar-refractivity contribution in [1.82, 2.24) is 0 Å². The van der Waals surface area contributed by atoms with Crippen LogP contribution in [-0.4, -0.2) is 67.3 Å². The van der Waals surface area contributed by atoms with Crippen molar-refractivity contribution in [3.05, 3.63) is 0 Å². The highest BCUT2D eigenvalue weighted by Gasteiger charge is 2.48. The number of rotatable bonds is 3. The second-order valence-corrected chi connectivity index (χ2v) is 7.55. The third kappa shape index (κ3) is 2.96. The second kappa shape index (κ2) is 6.18. The lowest BCUT2D eigenvalue weighted by Crippen LogP contribution is -2.62. The summed E-state index contributed by atoms with van der Waals surface area (Å²) in [5.74, 6) is 0. The molecule has 0 amide bonds. The Kier molecular flexibility index (Phi) is 5.10. The van der Waals surface area contributed by atoms with Crippen LogP contribution in [0.15, 0.2) is 0 Å². The summed E-state index contributed by atoms with van der Waals surface area (Å²) in [7, 11) is 2.71. The summed E-state index contributed by atoms with van der Waals surface area (Å²) in [5, 5.41) is 19.8. The molecule has 2 heterocycles. The fourth-order valence-corrected chi connectivity index (χ4v) is 3.76. The van der Waals surface area contributed by atoms with E-state index < -0.39 is 24.6 Å². The molecule has 8 heteroatoms. The topological polar surface area (TPSA) is 77.4 Å². The number of hydrogen-bond donors (Lipinski definition) is 2. The first-order chi connectivity index (χ1) is 8.17. The van der Waals surface area contributed by atoms with E-state index in [9.17, 15) is 10.2 Å². The average Bonchev–Trinajstić information content (AvgIpc) is 2.34. The van der Waals surface area contributed by atoms with Gasteiger partial charge in [0.1, 0.15) is 24.4 Å². The minimum atomic E-state index is -1.09. The number of hydrogen-bond acceptors (Lipinski definition) is 6. The molecule has 8 atom stereocenters. The van der Waals surface area contributed by atoms with Crippen LogP contribution in [0.3, 0.4) is 0 Å². The molecule has 0 aromatic heterocycles. The van der Waals surface area contributed by atoms with Gasteiger partial charge in [-0.25, -0.2) is 0 Å². The van der Waals surface area contributed by atoms with Crippen molar-refractivity contribution < 1.29 is 29.2 Å². The van der Waals surface area contributed by atoms with Crippen molar-refractivity contribution in [2.75, 3.05) is 20.4 Å². The quantitative estimate of drug-likeness (QED) is 0.692.